The normalized spacial score (nSPS) is 20.4. The predicted octanol–water partition coefficient (Wildman–Crippen LogP) is 4.39. The molecule has 4 nitrogen and oxygen atoms in total. The van der Waals surface area contributed by atoms with E-state index in [1.807, 2.05) is 42.5 Å². The van der Waals surface area contributed by atoms with Crippen LogP contribution in [0, 0.1) is 5.82 Å². The largest absolute Gasteiger partial charge is 0.465 e. The lowest BCUT2D eigenvalue weighted by atomic mass is 9.87. The Bertz CT molecular complexity index is 746. The molecule has 2 unspecified atom stereocenters. The van der Waals surface area contributed by atoms with E-state index in [-0.39, 0.29) is 17.8 Å². The topological polar surface area (TPSA) is 49.8 Å². The van der Waals surface area contributed by atoms with Crippen LogP contribution in [-0.4, -0.2) is 41.9 Å². The molecule has 2 aromatic carbocycles. The van der Waals surface area contributed by atoms with Gasteiger partial charge in [-0.3, -0.25) is 0 Å². The van der Waals surface area contributed by atoms with Crippen LogP contribution in [0.15, 0.2) is 60.7 Å². The van der Waals surface area contributed by atoms with Gasteiger partial charge in [-0.1, -0.05) is 54.6 Å². The molecule has 2 atom stereocenters. The first-order chi connectivity index (χ1) is 12.6. The Morgan fingerprint density at radius 3 is 2.62 bits per heavy atom. The molecule has 0 bridgehead atoms. The van der Waals surface area contributed by atoms with Gasteiger partial charge < -0.3 is 14.7 Å². The number of ether oxygens (including phenoxy) is 1. The Labute approximate surface area is 152 Å². The van der Waals surface area contributed by atoms with Crippen molar-refractivity contribution in [1.82, 2.24) is 4.90 Å². The summed E-state index contributed by atoms with van der Waals surface area (Å²) in [6, 6.07) is 16.3. The average Bonchev–Trinajstić information content (AvgIpc) is 2.66. The Morgan fingerprint density at radius 2 is 1.92 bits per heavy atom. The van der Waals surface area contributed by atoms with Crippen molar-refractivity contribution in [2.45, 2.75) is 18.4 Å². The van der Waals surface area contributed by atoms with E-state index in [4.69, 9.17) is 4.74 Å². The molecule has 136 valence electrons. The van der Waals surface area contributed by atoms with Crippen LogP contribution in [0.3, 0.4) is 0 Å². The number of piperidine rings is 1. The van der Waals surface area contributed by atoms with E-state index in [0.717, 1.165) is 11.1 Å². The highest BCUT2D eigenvalue weighted by molar-refractivity contribution is 5.65. The maximum Gasteiger partial charge on any atom is 0.407 e. The highest BCUT2D eigenvalue weighted by Crippen LogP contribution is 2.30. The van der Waals surface area contributed by atoms with Crippen LogP contribution in [0.25, 0.3) is 6.08 Å². The molecule has 1 heterocycles. The number of hydrogen-bond acceptors (Lipinski definition) is 2. The number of hydrogen-bond donors (Lipinski definition) is 1. The molecular weight excluding hydrogens is 333 g/mol. The molecule has 1 aliphatic heterocycles. The van der Waals surface area contributed by atoms with Crippen LogP contribution in [0.5, 0.6) is 0 Å². The summed E-state index contributed by atoms with van der Waals surface area (Å²) in [7, 11) is 0. The van der Waals surface area contributed by atoms with Crippen LogP contribution < -0.4 is 0 Å². The summed E-state index contributed by atoms with van der Waals surface area (Å²) < 4.78 is 19.2. The molecule has 1 saturated heterocycles. The van der Waals surface area contributed by atoms with Crippen molar-refractivity contribution in [3.05, 3.63) is 77.6 Å². The van der Waals surface area contributed by atoms with Crippen molar-refractivity contribution in [3.8, 4) is 0 Å². The third-order valence-corrected chi connectivity index (χ3v) is 4.64. The summed E-state index contributed by atoms with van der Waals surface area (Å²) in [5, 5.41) is 9.28. The Kier molecular flexibility index (Phi) is 6.02. The van der Waals surface area contributed by atoms with E-state index in [0.29, 0.717) is 26.1 Å². The van der Waals surface area contributed by atoms with E-state index >= 15 is 0 Å². The van der Waals surface area contributed by atoms with Gasteiger partial charge in [0.2, 0.25) is 0 Å². The van der Waals surface area contributed by atoms with Crippen LogP contribution in [0.4, 0.5) is 9.18 Å². The van der Waals surface area contributed by atoms with Gasteiger partial charge in [-0.05, 0) is 29.7 Å². The summed E-state index contributed by atoms with van der Waals surface area (Å²) in [5.74, 6) is -0.226. The smallest absolute Gasteiger partial charge is 0.407 e. The second kappa shape index (κ2) is 8.63. The van der Waals surface area contributed by atoms with Gasteiger partial charge in [0.1, 0.15) is 5.82 Å². The second-order valence-electron chi connectivity index (χ2n) is 6.36. The Morgan fingerprint density at radius 1 is 1.19 bits per heavy atom. The van der Waals surface area contributed by atoms with Crippen LogP contribution in [0.2, 0.25) is 0 Å². The third-order valence-electron chi connectivity index (χ3n) is 4.64. The second-order valence-corrected chi connectivity index (χ2v) is 6.36. The van der Waals surface area contributed by atoms with E-state index in [1.165, 1.54) is 17.0 Å². The SMILES string of the molecule is O=C(O)N1CCC(c2ccc(F)cc2)C(OCC=Cc2ccccc2)C1. The molecule has 0 radical (unpaired) electrons. The maximum absolute atomic E-state index is 13.2. The molecule has 0 spiro atoms. The Balaban J connectivity index is 1.67. The molecule has 5 heteroatoms. The van der Waals surface area contributed by atoms with Crippen molar-refractivity contribution < 1.29 is 19.0 Å². The third kappa shape index (κ3) is 4.70. The fourth-order valence-corrected chi connectivity index (χ4v) is 3.28. The standard InChI is InChI=1S/C21H22FNO3/c22-18-10-8-17(9-11-18)19-12-13-23(21(24)25)15-20(19)26-14-4-7-16-5-2-1-3-6-16/h1-11,19-20H,12-15H2,(H,24,25). The van der Waals surface area contributed by atoms with Crippen molar-refractivity contribution in [2.24, 2.45) is 0 Å². The van der Waals surface area contributed by atoms with Crippen LogP contribution >= 0.6 is 0 Å². The van der Waals surface area contributed by atoms with E-state index < -0.39 is 6.09 Å². The first-order valence-corrected chi connectivity index (χ1v) is 8.70. The minimum absolute atomic E-state index is 0.0522. The lowest BCUT2D eigenvalue weighted by Crippen LogP contribution is -2.46. The Hall–Kier alpha value is -2.66. The summed E-state index contributed by atoms with van der Waals surface area (Å²) in [4.78, 5) is 12.7. The molecule has 2 aromatic rings. The molecular formula is C21H22FNO3. The number of nitrogens with zero attached hydrogens (tertiary/aromatic N) is 1. The predicted molar refractivity (Wildman–Crippen MR) is 98.6 cm³/mol. The van der Waals surface area contributed by atoms with E-state index in [1.54, 1.807) is 12.1 Å². The van der Waals surface area contributed by atoms with E-state index in [9.17, 15) is 14.3 Å². The monoisotopic (exact) mass is 355 g/mol. The zero-order chi connectivity index (χ0) is 18.4. The average molecular weight is 355 g/mol. The van der Waals surface area contributed by atoms with Gasteiger partial charge in [-0.15, -0.1) is 0 Å². The number of carbonyl (C=O) groups is 1. The van der Waals surface area contributed by atoms with Gasteiger partial charge in [-0.2, -0.15) is 0 Å². The first kappa shape index (κ1) is 18.1. The van der Waals surface area contributed by atoms with Gasteiger partial charge >= 0.3 is 6.09 Å². The summed E-state index contributed by atoms with van der Waals surface area (Å²) in [6.45, 7) is 1.17. The van der Waals surface area contributed by atoms with Gasteiger partial charge in [-0.25, -0.2) is 9.18 Å². The fourth-order valence-electron chi connectivity index (χ4n) is 3.28. The first-order valence-electron chi connectivity index (χ1n) is 8.70. The lowest BCUT2D eigenvalue weighted by Gasteiger charge is -2.37. The minimum atomic E-state index is -0.934. The summed E-state index contributed by atoms with van der Waals surface area (Å²) in [6.07, 6.45) is 3.37. The molecule has 26 heavy (non-hydrogen) atoms. The van der Waals surface area contributed by atoms with Crippen LogP contribution in [0.1, 0.15) is 23.5 Å². The van der Waals surface area contributed by atoms with Crippen molar-refractivity contribution in [3.63, 3.8) is 0 Å². The summed E-state index contributed by atoms with van der Waals surface area (Å²) >= 11 is 0. The van der Waals surface area contributed by atoms with E-state index in [2.05, 4.69) is 0 Å². The van der Waals surface area contributed by atoms with Crippen molar-refractivity contribution in [2.75, 3.05) is 19.7 Å². The molecule has 1 N–H and O–H groups in total. The number of halogens is 1. The lowest BCUT2D eigenvalue weighted by molar-refractivity contribution is 0.00171. The number of amides is 1. The molecule has 3 rings (SSSR count). The van der Waals surface area contributed by atoms with Gasteiger partial charge in [0.25, 0.3) is 0 Å². The molecule has 0 aliphatic carbocycles. The fraction of sp³-hybridized carbons (Fsp3) is 0.286. The number of rotatable bonds is 5. The maximum atomic E-state index is 13.2. The minimum Gasteiger partial charge on any atom is -0.465 e. The van der Waals surface area contributed by atoms with Crippen LogP contribution in [-0.2, 0) is 4.74 Å². The highest BCUT2D eigenvalue weighted by Gasteiger charge is 2.32. The van der Waals surface area contributed by atoms with Crippen molar-refractivity contribution in [1.29, 1.82) is 0 Å². The highest BCUT2D eigenvalue weighted by atomic mass is 19.1. The van der Waals surface area contributed by atoms with Gasteiger partial charge in [0.15, 0.2) is 0 Å². The molecule has 1 fully saturated rings. The summed E-state index contributed by atoms with van der Waals surface area (Å²) in [5.41, 5.74) is 2.07. The van der Waals surface area contributed by atoms with Gasteiger partial charge in [0, 0.05) is 12.5 Å². The van der Waals surface area contributed by atoms with Crippen molar-refractivity contribution >= 4 is 12.2 Å². The quantitative estimate of drug-likeness (QED) is 0.865. The zero-order valence-corrected chi connectivity index (χ0v) is 14.4. The zero-order valence-electron chi connectivity index (χ0n) is 14.4. The molecule has 0 aromatic heterocycles. The molecule has 1 amide bonds. The molecule has 1 aliphatic rings. The number of benzene rings is 2. The number of carboxylic acid groups (broad SMARTS) is 1. The van der Waals surface area contributed by atoms with Gasteiger partial charge in [0.05, 0.1) is 19.3 Å². The number of likely N-dealkylation sites (tertiary alicyclic amines) is 1. The molecule has 0 saturated carbocycles.